The first kappa shape index (κ1) is 14.7. The zero-order valence-corrected chi connectivity index (χ0v) is 13.7. The average molecular weight is 318 g/mol. The molecule has 0 spiro atoms. The molecule has 0 saturated carbocycles. The van der Waals surface area contributed by atoms with E-state index in [1.54, 1.807) is 13.4 Å². The Kier molecular flexibility index (Phi) is 3.65. The monoisotopic (exact) mass is 318 g/mol. The van der Waals surface area contributed by atoms with Crippen molar-refractivity contribution in [1.82, 2.24) is 0 Å². The fourth-order valence-corrected chi connectivity index (χ4v) is 3.08. The molecule has 24 heavy (non-hydrogen) atoms. The number of aliphatic imine (C=N–C) groups is 2. The van der Waals surface area contributed by atoms with Crippen molar-refractivity contribution < 1.29 is 9.47 Å². The smallest absolute Gasteiger partial charge is 0.161 e. The predicted molar refractivity (Wildman–Crippen MR) is 95.4 cm³/mol. The molecular weight excluding hydrogens is 300 g/mol. The molecule has 120 valence electrons. The maximum Gasteiger partial charge on any atom is 0.161 e. The summed E-state index contributed by atoms with van der Waals surface area (Å²) in [7, 11) is 1.68. The molecule has 2 aliphatic heterocycles. The van der Waals surface area contributed by atoms with Crippen LogP contribution in [0.4, 0.5) is 0 Å². The van der Waals surface area contributed by atoms with E-state index in [0.717, 1.165) is 46.3 Å². The Balaban J connectivity index is 1.83. The van der Waals surface area contributed by atoms with Crippen LogP contribution in [0.5, 0.6) is 0 Å². The number of ether oxygens (including phenoxy) is 2. The van der Waals surface area contributed by atoms with Crippen LogP contribution < -0.4 is 0 Å². The van der Waals surface area contributed by atoms with Crippen molar-refractivity contribution in [3.05, 3.63) is 82.7 Å². The van der Waals surface area contributed by atoms with Gasteiger partial charge in [-0.3, -0.25) is 0 Å². The Morgan fingerprint density at radius 1 is 1.17 bits per heavy atom. The highest BCUT2D eigenvalue weighted by Gasteiger charge is 2.28. The largest absolute Gasteiger partial charge is 0.497 e. The fraction of sp³-hybridized carbons (Fsp3) is 0.200. The molecule has 2 aliphatic carbocycles. The lowest BCUT2D eigenvalue weighted by Crippen LogP contribution is -2.04. The van der Waals surface area contributed by atoms with Gasteiger partial charge in [-0.15, -0.1) is 0 Å². The summed E-state index contributed by atoms with van der Waals surface area (Å²) < 4.78 is 11.6. The molecule has 4 aliphatic rings. The van der Waals surface area contributed by atoms with Crippen LogP contribution >= 0.6 is 0 Å². The van der Waals surface area contributed by atoms with Gasteiger partial charge in [0.25, 0.3) is 0 Å². The van der Waals surface area contributed by atoms with Crippen molar-refractivity contribution in [2.24, 2.45) is 15.9 Å². The zero-order valence-electron chi connectivity index (χ0n) is 13.7. The summed E-state index contributed by atoms with van der Waals surface area (Å²) in [5.41, 5.74) is 3.80. The summed E-state index contributed by atoms with van der Waals surface area (Å²) in [5, 5.41) is 0. The van der Waals surface area contributed by atoms with Gasteiger partial charge in [0.2, 0.25) is 0 Å². The van der Waals surface area contributed by atoms with Crippen LogP contribution in [-0.2, 0) is 9.47 Å². The van der Waals surface area contributed by atoms with E-state index in [4.69, 9.17) is 9.47 Å². The SMILES string of the molecule is COC1=CC(C)C=C(C2=C3N=CN=C3C3=CC=CC=C(C3)O2)C=C1. The van der Waals surface area contributed by atoms with E-state index in [-0.39, 0.29) is 5.92 Å². The Hall–Kier alpha value is -2.88. The standard InChI is InChI=1S/C20H18N2O2/c1-13-9-15(7-8-16(10-13)23-2)20-19-18(21-12-22-19)14-5-3-4-6-17(11-14)24-20/h3-10,12-13H,11H2,1-2H3. The first-order valence-corrected chi connectivity index (χ1v) is 8.00. The van der Waals surface area contributed by atoms with E-state index in [1.807, 2.05) is 30.4 Å². The third-order valence-corrected chi connectivity index (χ3v) is 4.20. The Morgan fingerprint density at radius 3 is 2.92 bits per heavy atom. The van der Waals surface area contributed by atoms with Gasteiger partial charge in [0.15, 0.2) is 5.76 Å². The minimum atomic E-state index is 0.228. The van der Waals surface area contributed by atoms with Gasteiger partial charge in [0.1, 0.15) is 23.6 Å². The summed E-state index contributed by atoms with van der Waals surface area (Å²) >= 11 is 0. The molecule has 0 aromatic rings. The summed E-state index contributed by atoms with van der Waals surface area (Å²) in [6.07, 6.45) is 18.6. The van der Waals surface area contributed by atoms with Gasteiger partial charge < -0.3 is 9.47 Å². The number of nitrogens with zero attached hydrogens (tertiary/aromatic N) is 2. The second kappa shape index (κ2) is 5.96. The van der Waals surface area contributed by atoms with Crippen molar-refractivity contribution >= 4 is 12.1 Å². The molecule has 0 aromatic heterocycles. The number of methoxy groups -OCH3 is 1. The van der Waals surface area contributed by atoms with Crippen LogP contribution in [0.25, 0.3) is 0 Å². The summed E-state index contributed by atoms with van der Waals surface area (Å²) in [5.74, 6) is 2.72. The van der Waals surface area contributed by atoms with E-state index in [0.29, 0.717) is 0 Å². The summed E-state index contributed by atoms with van der Waals surface area (Å²) in [4.78, 5) is 8.94. The highest BCUT2D eigenvalue weighted by Crippen LogP contribution is 2.35. The lowest BCUT2D eigenvalue weighted by atomic mass is 10.0. The molecule has 0 radical (unpaired) electrons. The van der Waals surface area contributed by atoms with Gasteiger partial charge in [-0.2, -0.15) is 0 Å². The Labute approximate surface area is 141 Å². The molecule has 0 fully saturated rings. The van der Waals surface area contributed by atoms with Gasteiger partial charge in [-0.25, -0.2) is 9.98 Å². The minimum absolute atomic E-state index is 0.228. The van der Waals surface area contributed by atoms with E-state index in [1.165, 1.54) is 0 Å². The molecule has 2 bridgehead atoms. The minimum Gasteiger partial charge on any atom is -0.497 e. The second-order valence-corrected chi connectivity index (χ2v) is 5.98. The van der Waals surface area contributed by atoms with Crippen molar-refractivity contribution in [2.45, 2.75) is 13.3 Å². The van der Waals surface area contributed by atoms with E-state index >= 15 is 0 Å². The average Bonchev–Trinajstić information content (AvgIpc) is 2.76. The van der Waals surface area contributed by atoms with Crippen molar-refractivity contribution in [2.75, 3.05) is 7.11 Å². The predicted octanol–water partition coefficient (Wildman–Crippen LogP) is 4.14. The van der Waals surface area contributed by atoms with Gasteiger partial charge in [0.05, 0.1) is 12.8 Å². The molecule has 0 aromatic carbocycles. The highest BCUT2D eigenvalue weighted by atomic mass is 16.5. The van der Waals surface area contributed by atoms with E-state index < -0.39 is 0 Å². The van der Waals surface area contributed by atoms with Crippen LogP contribution in [0.15, 0.2) is 92.7 Å². The van der Waals surface area contributed by atoms with Crippen LogP contribution in [0.1, 0.15) is 13.3 Å². The third kappa shape index (κ3) is 2.60. The van der Waals surface area contributed by atoms with Crippen LogP contribution in [-0.4, -0.2) is 19.2 Å². The quantitative estimate of drug-likeness (QED) is 0.768. The van der Waals surface area contributed by atoms with Gasteiger partial charge >= 0.3 is 0 Å². The molecule has 4 nitrogen and oxygen atoms in total. The molecular formula is C20H18N2O2. The molecule has 1 unspecified atom stereocenters. The normalized spacial score (nSPS) is 24.6. The Morgan fingerprint density at radius 2 is 2.04 bits per heavy atom. The van der Waals surface area contributed by atoms with Gasteiger partial charge in [0, 0.05) is 12.0 Å². The number of hydrogen-bond acceptors (Lipinski definition) is 4. The number of allylic oxidation sites excluding steroid dienone is 10. The molecule has 0 N–H and O–H groups in total. The molecule has 4 heteroatoms. The Bertz CT molecular complexity index is 858. The summed E-state index contributed by atoms with van der Waals surface area (Å²) in [6.45, 7) is 2.12. The zero-order chi connectivity index (χ0) is 16.5. The van der Waals surface area contributed by atoms with Crippen LogP contribution in [0.3, 0.4) is 0 Å². The van der Waals surface area contributed by atoms with E-state index in [2.05, 4.69) is 35.1 Å². The second-order valence-electron chi connectivity index (χ2n) is 5.98. The molecule has 2 heterocycles. The van der Waals surface area contributed by atoms with Gasteiger partial charge in [-0.05, 0) is 35.8 Å². The number of rotatable bonds is 2. The molecule has 4 rings (SSSR count). The molecule has 0 saturated heterocycles. The number of fused-ring (bicyclic) bond motifs is 4. The lowest BCUT2D eigenvalue weighted by Gasteiger charge is -2.13. The van der Waals surface area contributed by atoms with Crippen molar-refractivity contribution in [3.8, 4) is 0 Å². The first-order chi connectivity index (χ1) is 11.7. The highest BCUT2D eigenvalue weighted by molar-refractivity contribution is 6.19. The van der Waals surface area contributed by atoms with Gasteiger partial charge in [-0.1, -0.05) is 31.2 Å². The summed E-state index contributed by atoms with van der Waals surface area (Å²) in [6, 6.07) is 0. The van der Waals surface area contributed by atoms with Crippen LogP contribution in [0.2, 0.25) is 0 Å². The molecule has 1 atom stereocenters. The maximum atomic E-state index is 6.26. The first-order valence-electron chi connectivity index (χ1n) is 8.00. The molecule has 0 amide bonds. The van der Waals surface area contributed by atoms with Crippen molar-refractivity contribution in [3.63, 3.8) is 0 Å². The third-order valence-electron chi connectivity index (χ3n) is 4.20. The topological polar surface area (TPSA) is 43.2 Å². The van der Waals surface area contributed by atoms with Crippen molar-refractivity contribution in [1.29, 1.82) is 0 Å². The van der Waals surface area contributed by atoms with Crippen LogP contribution in [0, 0.1) is 5.92 Å². The fourth-order valence-electron chi connectivity index (χ4n) is 3.08. The maximum absolute atomic E-state index is 6.26. The van der Waals surface area contributed by atoms with E-state index in [9.17, 15) is 0 Å². The number of hydrogen-bond donors (Lipinski definition) is 0. The lowest BCUT2D eigenvalue weighted by molar-refractivity contribution is 0.304.